The topological polar surface area (TPSA) is 55.4 Å². The minimum atomic E-state index is -0.376. The van der Waals surface area contributed by atoms with E-state index in [-0.39, 0.29) is 11.9 Å². The summed E-state index contributed by atoms with van der Waals surface area (Å²) in [7, 11) is 0. The molecule has 4 heteroatoms. The van der Waals surface area contributed by atoms with Crippen LogP contribution >= 0.6 is 0 Å². The van der Waals surface area contributed by atoms with Crippen molar-refractivity contribution in [2.45, 2.75) is 39.5 Å². The first kappa shape index (κ1) is 10.9. The van der Waals surface area contributed by atoms with E-state index in [1.54, 1.807) is 6.92 Å². The summed E-state index contributed by atoms with van der Waals surface area (Å²) in [5, 5.41) is 0. The molecule has 70 valence electrons. The van der Waals surface area contributed by atoms with Crippen molar-refractivity contribution in [3.05, 3.63) is 0 Å². The Hall–Kier alpha value is -1.06. The van der Waals surface area contributed by atoms with Gasteiger partial charge >= 0.3 is 5.97 Å². The minimum absolute atomic E-state index is 0.278. The van der Waals surface area contributed by atoms with Crippen molar-refractivity contribution in [3.63, 3.8) is 0 Å². The van der Waals surface area contributed by atoms with Crippen molar-refractivity contribution in [3.8, 4) is 0 Å². The molecular formula is C8H15NO3. The molecule has 12 heavy (non-hydrogen) atoms. The zero-order valence-electron chi connectivity index (χ0n) is 7.55. The molecule has 0 radical (unpaired) electrons. The Morgan fingerprint density at radius 3 is 2.50 bits per heavy atom. The second kappa shape index (κ2) is 6.64. The molecule has 1 amide bonds. The van der Waals surface area contributed by atoms with Crippen molar-refractivity contribution in [2.24, 2.45) is 0 Å². The van der Waals surface area contributed by atoms with Crippen LogP contribution in [0, 0.1) is 0 Å². The van der Waals surface area contributed by atoms with Gasteiger partial charge < -0.3 is 4.84 Å². The van der Waals surface area contributed by atoms with Crippen LogP contribution in [0.15, 0.2) is 0 Å². The SMILES string of the molecule is CCCCC(=O)ONC(=O)CC. The second-order valence-electron chi connectivity index (χ2n) is 2.46. The third-order valence-electron chi connectivity index (χ3n) is 1.33. The first-order chi connectivity index (χ1) is 5.70. The Morgan fingerprint density at radius 1 is 1.33 bits per heavy atom. The standard InChI is InChI=1S/C8H15NO3/c1-3-5-6-8(11)12-9-7(10)4-2/h3-6H2,1-2H3,(H,9,10). The van der Waals surface area contributed by atoms with Crippen molar-refractivity contribution in [2.75, 3.05) is 0 Å². The van der Waals surface area contributed by atoms with Crippen molar-refractivity contribution in [1.29, 1.82) is 0 Å². The molecule has 0 aromatic rings. The second-order valence-corrected chi connectivity index (χ2v) is 2.46. The Balaban J connectivity index is 3.37. The van der Waals surface area contributed by atoms with E-state index in [4.69, 9.17) is 0 Å². The molecule has 0 aliphatic heterocycles. The Labute approximate surface area is 72.2 Å². The van der Waals surface area contributed by atoms with Crippen LogP contribution in [0.2, 0.25) is 0 Å². The molecule has 0 rings (SSSR count). The lowest BCUT2D eigenvalue weighted by Gasteiger charge is -2.02. The molecule has 0 aliphatic carbocycles. The number of nitrogens with one attached hydrogen (secondary N) is 1. The molecule has 0 aromatic heterocycles. The van der Waals surface area contributed by atoms with E-state index in [0.717, 1.165) is 12.8 Å². The van der Waals surface area contributed by atoms with E-state index in [1.165, 1.54) is 0 Å². The highest BCUT2D eigenvalue weighted by atomic mass is 16.7. The third kappa shape index (κ3) is 5.70. The minimum Gasteiger partial charge on any atom is -0.341 e. The molecule has 4 nitrogen and oxygen atoms in total. The van der Waals surface area contributed by atoms with Crippen molar-refractivity contribution >= 4 is 11.9 Å². The Kier molecular flexibility index (Phi) is 6.05. The molecule has 0 atom stereocenters. The van der Waals surface area contributed by atoms with E-state index < -0.39 is 0 Å². The Bertz CT molecular complexity index is 156. The molecule has 0 aromatic carbocycles. The number of carbonyl (C=O) groups is 2. The fourth-order valence-corrected chi connectivity index (χ4v) is 0.558. The van der Waals surface area contributed by atoms with Gasteiger partial charge in [-0.05, 0) is 6.42 Å². The molecule has 0 saturated heterocycles. The molecular weight excluding hydrogens is 158 g/mol. The van der Waals surface area contributed by atoms with Gasteiger partial charge in [0.05, 0.1) is 0 Å². The highest BCUT2D eigenvalue weighted by Gasteiger charge is 2.03. The highest BCUT2D eigenvalue weighted by molar-refractivity contribution is 5.77. The normalized spacial score (nSPS) is 9.17. The molecule has 0 unspecified atom stereocenters. The molecule has 0 aliphatic rings. The van der Waals surface area contributed by atoms with E-state index in [0.29, 0.717) is 12.8 Å². The van der Waals surface area contributed by atoms with E-state index in [9.17, 15) is 9.59 Å². The lowest BCUT2D eigenvalue weighted by molar-refractivity contribution is -0.158. The summed E-state index contributed by atoms with van der Waals surface area (Å²) in [6.45, 7) is 3.67. The number of amides is 1. The lowest BCUT2D eigenvalue weighted by atomic mass is 10.3. The number of unbranched alkanes of at least 4 members (excludes halogenated alkanes) is 1. The van der Waals surface area contributed by atoms with E-state index >= 15 is 0 Å². The summed E-state index contributed by atoms with van der Waals surface area (Å²) >= 11 is 0. The maximum atomic E-state index is 10.8. The van der Waals surface area contributed by atoms with Crippen LogP contribution in [-0.4, -0.2) is 11.9 Å². The van der Waals surface area contributed by atoms with Crippen LogP contribution in [0.4, 0.5) is 0 Å². The van der Waals surface area contributed by atoms with Gasteiger partial charge in [0.15, 0.2) is 0 Å². The van der Waals surface area contributed by atoms with Gasteiger partial charge in [0.2, 0.25) is 0 Å². The predicted molar refractivity (Wildman–Crippen MR) is 44.1 cm³/mol. The number of rotatable bonds is 4. The van der Waals surface area contributed by atoms with Crippen LogP contribution in [0.5, 0.6) is 0 Å². The summed E-state index contributed by atoms with van der Waals surface area (Å²) in [5.74, 6) is -0.654. The van der Waals surface area contributed by atoms with Crippen LogP contribution in [0.25, 0.3) is 0 Å². The predicted octanol–water partition coefficient (Wildman–Crippen LogP) is 1.16. The Morgan fingerprint density at radius 2 is 2.00 bits per heavy atom. The van der Waals surface area contributed by atoms with Gasteiger partial charge in [-0.25, -0.2) is 4.79 Å². The number of hydrogen-bond donors (Lipinski definition) is 1. The quantitative estimate of drug-likeness (QED) is 0.649. The average molecular weight is 173 g/mol. The fourth-order valence-electron chi connectivity index (χ4n) is 0.558. The van der Waals surface area contributed by atoms with E-state index in [2.05, 4.69) is 10.3 Å². The van der Waals surface area contributed by atoms with Gasteiger partial charge in [0, 0.05) is 12.8 Å². The molecule has 0 fully saturated rings. The lowest BCUT2D eigenvalue weighted by Crippen LogP contribution is -2.25. The van der Waals surface area contributed by atoms with Crippen molar-refractivity contribution in [1.82, 2.24) is 5.48 Å². The highest BCUT2D eigenvalue weighted by Crippen LogP contribution is 1.94. The number of hydrogen-bond acceptors (Lipinski definition) is 3. The van der Waals surface area contributed by atoms with Gasteiger partial charge in [-0.3, -0.25) is 4.79 Å². The molecule has 0 heterocycles. The maximum absolute atomic E-state index is 10.8. The van der Waals surface area contributed by atoms with Gasteiger partial charge in [-0.15, -0.1) is 0 Å². The summed E-state index contributed by atoms with van der Waals surface area (Å²) in [5.41, 5.74) is 2.05. The molecule has 0 saturated carbocycles. The third-order valence-corrected chi connectivity index (χ3v) is 1.33. The van der Waals surface area contributed by atoms with Crippen LogP contribution in [0.1, 0.15) is 39.5 Å². The first-order valence-electron chi connectivity index (χ1n) is 4.19. The van der Waals surface area contributed by atoms with Crippen LogP contribution in [0.3, 0.4) is 0 Å². The maximum Gasteiger partial charge on any atom is 0.332 e. The zero-order valence-corrected chi connectivity index (χ0v) is 7.55. The number of hydroxylamine groups is 1. The van der Waals surface area contributed by atoms with Gasteiger partial charge in [-0.2, -0.15) is 5.48 Å². The largest absolute Gasteiger partial charge is 0.341 e. The van der Waals surface area contributed by atoms with Gasteiger partial charge in [0.1, 0.15) is 0 Å². The summed E-state index contributed by atoms with van der Waals surface area (Å²) in [4.78, 5) is 25.8. The van der Waals surface area contributed by atoms with Crippen LogP contribution < -0.4 is 5.48 Å². The zero-order chi connectivity index (χ0) is 9.40. The van der Waals surface area contributed by atoms with Gasteiger partial charge in [0.25, 0.3) is 5.91 Å². The smallest absolute Gasteiger partial charge is 0.332 e. The van der Waals surface area contributed by atoms with E-state index in [1.807, 2.05) is 6.92 Å². The first-order valence-corrected chi connectivity index (χ1v) is 4.19. The number of carbonyl (C=O) groups excluding carboxylic acids is 2. The molecule has 1 N–H and O–H groups in total. The van der Waals surface area contributed by atoms with Gasteiger partial charge in [-0.1, -0.05) is 20.3 Å². The molecule has 0 bridgehead atoms. The van der Waals surface area contributed by atoms with Crippen molar-refractivity contribution < 1.29 is 14.4 Å². The fraction of sp³-hybridized carbons (Fsp3) is 0.750. The molecule has 0 spiro atoms. The average Bonchev–Trinajstić information content (AvgIpc) is 2.10. The van der Waals surface area contributed by atoms with Crippen LogP contribution in [-0.2, 0) is 14.4 Å². The summed E-state index contributed by atoms with van der Waals surface area (Å²) < 4.78 is 0. The summed E-state index contributed by atoms with van der Waals surface area (Å²) in [6, 6.07) is 0. The summed E-state index contributed by atoms with van der Waals surface area (Å²) in [6.07, 6.45) is 2.42. The monoisotopic (exact) mass is 173 g/mol.